The minimum absolute atomic E-state index is 0.394. The van der Waals surface area contributed by atoms with E-state index in [1.54, 1.807) is 0 Å². The zero-order valence-electron chi connectivity index (χ0n) is 13.4. The molecule has 0 bridgehead atoms. The Hall–Kier alpha value is -0.340. The molecule has 1 saturated carbocycles. The van der Waals surface area contributed by atoms with Crippen LogP contribution in [0.3, 0.4) is 0 Å². The van der Waals surface area contributed by atoms with E-state index < -0.39 is 0 Å². The summed E-state index contributed by atoms with van der Waals surface area (Å²) in [5.74, 6) is 0. The normalized spacial score (nSPS) is 20.4. The molecule has 1 unspecified atom stereocenters. The molecule has 1 fully saturated rings. The molecule has 1 aliphatic carbocycles. The number of unbranched alkanes of at least 4 members (excludes halogenated alkanes) is 3. The standard InChI is InChI=1S/C17H34N2/c1-5-6-7-8-10-13-16(18-2)17(19(3)4)14-11-9-12-15-17/h5,16,18H,1,6-15H2,2-4H3. The molecule has 0 heterocycles. The number of rotatable bonds is 9. The molecule has 0 aromatic heterocycles. The highest BCUT2D eigenvalue weighted by atomic mass is 15.2. The molecule has 0 radical (unpaired) electrons. The monoisotopic (exact) mass is 266 g/mol. The number of allylic oxidation sites excluding steroid dienone is 1. The average Bonchev–Trinajstić information content (AvgIpc) is 2.43. The summed E-state index contributed by atoms with van der Waals surface area (Å²) in [5.41, 5.74) is 0.394. The van der Waals surface area contributed by atoms with Crippen molar-refractivity contribution >= 4 is 0 Å². The summed E-state index contributed by atoms with van der Waals surface area (Å²) in [6.07, 6.45) is 15.4. The largest absolute Gasteiger partial charge is 0.315 e. The van der Waals surface area contributed by atoms with Gasteiger partial charge in [0.15, 0.2) is 0 Å². The molecular formula is C17H34N2. The van der Waals surface area contributed by atoms with Crippen molar-refractivity contribution in [2.24, 2.45) is 0 Å². The Bertz CT molecular complexity index is 242. The van der Waals surface area contributed by atoms with Gasteiger partial charge < -0.3 is 10.2 Å². The number of nitrogens with zero attached hydrogens (tertiary/aromatic N) is 1. The summed E-state index contributed by atoms with van der Waals surface area (Å²) in [6, 6.07) is 0.645. The van der Waals surface area contributed by atoms with Gasteiger partial charge in [-0.2, -0.15) is 0 Å². The molecule has 1 atom stereocenters. The van der Waals surface area contributed by atoms with Gasteiger partial charge in [-0.1, -0.05) is 38.2 Å². The van der Waals surface area contributed by atoms with Gasteiger partial charge in [0.05, 0.1) is 0 Å². The second kappa shape index (κ2) is 8.76. The van der Waals surface area contributed by atoms with Crippen LogP contribution in [0.5, 0.6) is 0 Å². The van der Waals surface area contributed by atoms with E-state index in [0.29, 0.717) is 11.6 Å². The molecular weight excluding hydrogens is 232 g/mol. The van der Waals surface area contributed by atoms with E-state index in [4.69, 9.17) is 0 Å². The second-order valence-electron chi connectivity index (χ2n) is 6.33. The Labute approximate surface area is 120 Å². The van der Waals surface area contributed by atoms with Crippen molar-refractivity contribution < 1.29 is 0 Å². The molecule has 0 aromatic carbocycles. The molecule has 112 valence electrons. The lowest BCUT2D eigenvalue weighted by atomic mass is 9.74. The predicted octanol–water partition coefficient (Wildman–Crippen LogP) is 3.98. The summed E-state index contributed by atoms with van der Waals surface area (Å²) < 4.78 is 0. The second-order valence-corrected chi connectivity index (χ2v) is 6.33. The molecule has 2 heteroatoms. The molecule has 19 heavy (non-hydrogen) atoms. The summed E-state index contributed by atoms with van der Waals surface area (Å²) >= 11 is 0. The Morgan fingerprint density at radius 2 is 1.84 bits per heavy atom. The van der Waals surface area contributed by atoms with Crippen LogP contribution in [0.25, 0.3) is 0 Å². The minimum Gasteiger partial charge on any atom is -0.315 e. The topological polar surface area (TPSA) is 15.3 Å². The first-order valence-electron chi connectivity index (χ1n) is 8.13. The van der Waals surface area contributed by atoms with Gasteiger partial charge in [0.2, 0.25) is 0 Å². The summed E-state index contributed by atoms with van der Waals surface area (Å²) in [6.45, 7) is 3.80. The van der Waals surface area contributed by atoms with Crippen LogP contribution < -0.4 is 5.32 Å². The van der Waals surface area contributed by atoms with Gasteiger partial charge in [-0.3, -0.25) is 0 Å². The fraction of sp³-hybridized carbons (Fsp3) is 0.882. The van der Waals surface area contributed by atoms with Crippen LogP contribution in [0.2, 0.25) is 0 Å². The maximum Gasteiger partial charge on any atom is 0.0356 e. The van der Waals surface area contributed by atoms with Crippen molar-refractivity contribution in [2.75, 3.05) is 21.1 Å². The highest BCUT2D eigenvalue weighted by Crippen LogP contribution is 2.36. The SMILES string of the molecule is C=CCCCCCC(NC)C1(N(C)C)CCCCC1. The predicted molar refractivity (Wildman–Crippen MR) is 85.6 cm³/mol. The zero-order chi connectivity index (χ0) is 14.1. The number of likely N-dealkylation sites (N-methyl/N-ethyl adjacent to an activating group) is 2. The van der Waals surface area contributed by atoms with Crippen molar-refractivity contribution in [3.05, 3.63) is 12.7 Å². The van der Waals surface area contributed by atoms with Gasteiger partial charge in [-0.15, -0.1) is 6.58 Å². The Morgan fingerprint density at radius 3 is 2.37 bits per heavy atom. The molecule has 0 spiro atoms. The van der Waals surface area contributed by atoms with Crippen LogP contribution in [0.1, 0.15) is 64.2 Å². The summed E-state index contributed by atoms with van der Waals surface area (Å²) in [5, 5.41) is 3.62. The molecule has 0 aromatic rings. The quantitative estimate of drug-likeness (QED) is 0.502. The van der Waals surface area contributed by atoms with Crippen molar-refractivity contribution in [3.8, 4) is 0 Å². The first-order chi connectivity index (χ1) is 9.17. The molecule has 0 aliphatic heterocycles. The average molecular weight is 266 g/mol. The van der Waals surface area contributed by atoms with Crippen LogP contribution in [0.15, 0.2) is 12.7 Å². The Kier molecular flexibility index (Phi) is 7.70. The third-order valence-electron chi connectivity index (χ3n) is 5.01. The fourth-order valence-corrected chi connectivity index (χ4v) is 3.77. The van der Waals surface area contributed by atoms with Gasteiger partial charge >= 0.3 is 0 Å². The van der Waals surface area contributed by atoms with Gasteiger partial charge in [-0.25, -0.2) is 0 Å². The molecule has 0 amide bonds. The lowest BCUT2D eigenvalue weighted by molar-refractivity contribution is 0.0554. The fourth-order valence-electron chi connectivity index (χ4n) is 3.77. The molecule has 1 aliphatic rings. The van der Waals surface area contributed by atoms with Crippen LogP contribution >= 0.6 is 0 Å². The van der Waals surface area contributed by atoms with Gasteiger partial charge in [0, 0.05) is 11.6 Å². The third-order valence-corrected chi connectivity index (χ3v) is 5.01. The van der Waals surface area contributed by atoms with E-state index in [-0.39, 0.29) is 0 Å². The number of hydrogen-bond donors (Lipinski definition) is 1. The van der Waals surface area contributed by atoms with Crippen molar-refractivity contribution in [2.45, 2.75) is 75.8 Å². The van der Waals surface area contributed by atoms with E-state index in [0.717, 1.165) is 0 Å². The maximum atomic E-state index is 3.80. The molecule has 0 saturated heterocycles. The zero-order valence-corrected chi connectivity index (χ0v) is 13.4. The lowest BCUT2D eigenvalue weighted by Gasteiger charge is -2.48. The van der Waals surface area contributed by atoms with Crippen molar-refractivity contribution in [1.82, 2.24) is 10.2 Å². The van der Waals surface area contributed by atoms with E-state index >= 15 is 0 Å². The van der Waals surface area contributed by atoms with E-state index in [1.165, 1.54) is 64.2 Å². The van der Waals surface area contributed by atoms with E-state index in [2.05, 4.69) is 37.9 Å². The molecule has 2 nitrogen and oxygen atoms in total. The highest BCUT2D eigenvalue weighted by molar-refractivity contribution is 5.00. The third kappa shape index (κ3) is 4.61. The van der Waals surface area contributed by atoms with Crippen molar-refractivity contribution in [3.63, 3.8) is 0 Å². The maximum absolute atomic E-state index is 3.80. The van der Waals surface area contributed by atoms with Gasteiger partial charge in [0.25, 0.3) is 0 Å². The van der Waals surface area contributed by atoms with E-state index in [9.17, 15) is 0 Å². The minimum atomic E-state index is 0.394. The number of nitrogens with one attached hydrogen (secondary N) is 1. The van der Waals surface area contributed by atoms with Crippen molar-refractivity contribution in [1.29, 1.82) is 0 Å². The van der Waals surface area contributed by atoms with Gasteiger partial charge in [0.1, 0.15) is 0 Å². The summed E-state index contributed by atoms with van der Waals surface area (Å²) in [7, 11) is 6.69. The molecule has 1 rings (SSSR count). The number of hydrogen-bond acceptors (Lipinski definition) is 2. The van der Waals surface area contributed by atoms with E-state index in [1.807, 2.05) is 6.08 Å². The lowest BCUT2D eigenvalue weighted by Crippen LogP contribution is -2.59. The summed E-state index contributed by atoms with van der Waals surface area (Å²) in [4.78, 5) is 2.50. The van der Waals surface area contributed by atoms with Gasteiger partial charge in [-0.05, 0) is 53.2 Å². The smallest absolute Gasteiger partial charge is 0.0356 e. The van der Waals surface area contributed by atoms with Crippen LogP contribution in [-0.4, -0.2) is 37.6 Å². The first-order valence-corrected chi connectivity index (χ1v) is 8.13. The van der Waals surface area contributed by atoms with Crippen LogP contribution in [0.4, 0.5) is 0 Å². The van der Waals surface area contributed by atoms with Crippen LogP contribution in [-0.2, 0) is 0 Å². The Balaban J connectivity index is 2.51. The highest BCUT2D eigenvalue weighted by Gasteiger charge is 2.40. The van der Waals surface area contributed by atoms with Crippen LogP contribution in [0, 0.1) is 0 Å². The Morgan fingerprint density at radius 1 is 1.16 bits per heavy atom. The first kappa shape index (κ1) is 16.7. The molecule has 1 N–H and O–H groups in total.